The number of rotatable bonds is 6. The molecule has 2 aliphatic rings. The molecule has 0 amide bonds. The van der Waals surface area contributed by atoms with E-state index in [-0.39, 0.29) is 12.7 Å². The zero-order valence-corrected chi connectivity index (χ0v) is 14.2. The third-order valence-electron chi connectivity index (χ3n) is 4.80. The first-order valence-corrected chi connectivity index (χ1v) is 8.75. The zero-order chi connectivity index (χ0) is 16.9. The number of aromatic nitrogens is 1. The van der Waals surface area contributed by atoms with E-state index in [0.29, 0.717) is 17.9 Å². The van der Waals surface area contributed by atoms with Gasteiger partial charge in [-0.1, -0.05) is 0 Å². The van der Waals surface area contributed by atoms with E-state index in [2.05, 4.69) is 28.7 Å². The minimum absolute atomic E-state index is 0.0291. The Bertz CT molecular complexity index is 622. The van der Waals surface area contributed by atoms with Gasteiger partial charge in [-0.15, -0.1) is 0 Å². The second kappa shape index (κ2) is 7.79. The molecule has 0 saturated carbocycles. The smallest absolute Gasteiger partial charge is 0.237 e. The van der Waals surface area contributed by atoms with Crippen LogP contribution in [-0.4, -0.2) is 51.1 Å². The number of aliphatic hydroxyl groups is 1. The second-order valence-corrected chi connectivity index (χ2v) is 6.62. The largest absolute Gasteiger partial charge is 0.393 e. The molecule has 0 aliphatic carbocycles. The molecular weight excluding hydrogens is 306 g/mol. The summed E-state index contributed by atoms with van der Waals surface area (Å²) in [5.41, 5.74) is 2.99. The van der Waals surface area contributed by atoms with Crippen molar-refractivity contribution < 1.29 is 19.7 Å². The van der Waals surface area contributed by atoms with Crippen LogP contribution in [0.3, 0.4) is 0 Å². The molecule has 7 heteroatoms. The van der Waals surface area contributed by atoms with Gasteiger partial charge >= 0.3 is 0 Å². The van der Waals surface area contributed by atoms with E-state index in [4.69, 9.17) is 9.84 Å². The number of nitriles is 1. The molecule has 2 aliphatic heterocycles. The summed E-state index contributed by atoms with van der Waals surface area (Å²) in [6, 6.07) is 2.33. The second-order valence-electron chi connectivity index (χ2n) is 6.62. The van der Waals surface area contributed by atoms with Gasteiger partial charge in [-0.2, -0.15) is 5.26 Å². The summed E-state index contributed by atoms with van der Waals surface area (Å²) in [5.74, 6) is 1.67. The Labute approximate surface area is 142 Å². The standard InChI is InChI=1S/C17H25N5O2/c1-22-6-4-13-14(9-18)16(19-5-7-23)21-17(15(13)11-22)20-10-12-3-2-8-24-12/h12,23H,2-8,10-11H2,1H3,(H2,19,20,21)/p+2/t12-/m1/s1. The number of aromatic amines is 1. The van der Waals surface area contributed by atoms with Gasteiger partial charge in [0.25, 0.3) is 0 Å². The third kappa shape index (κ3) is 3.61. The highest BCUT2D eigenvalue weighted by molar-refractivity contribution is 5.60. The van der Waals surface area contributed by atoms with E-state index in [1.54, 1.807) is 0 Å². The van der Waals surface area contributed by atoms with Crippen molar-refractivity contribution in [2.24, 2.45) is 0 Å². The number of nitrogens with zero attached hydrogens (tertiary/aromatic N) is 1. The van der Waals surface area contributed by atoms with Crippen molar-refractivity contribution in [3.63, 3.8) is 0 Å². The number of ether oxygens (including phenoxy) is 1. The molecule has 0 bridgehead atoms. The molecule has 130 valence electrons. The fourth-order valence-electron chi connectivity index (χ4n) is 3.52. The average molecular weight is 333 g/mol. The van der Waals surface area contributed by atoms with Crippen molar-refractivity contribution in [3.05, 3.63) is 16.7 Å². The normalized spacial score (nSPS) is 22.7. The van der Waals surface area contributed by atoms with Crippen LogP contribution in [0.2, 0.25) is 0 Å². The number of H-pyrrole nitrogens is 1. The zero-order valence-electron chi connectivity index (χ0n) is 14.2. The van der Waals surface area contributed by atoms with Gasteiger partial charge in [-0.3, -0.25) is 0 Å². The molecule has 1 fully saturated rings. The van der Waals surface area contributed by atoms with Gasteiger partial charge in [0.2, 0.25) is 11.6 Å². The maximum atomic E-state index is 9.61. The third-order valence-corrected chi connectivity index (χ3v) is 4.80. The fraction of sp³-hybridized carbons (Fsp3) is 0.647. The Kier molecular flexibility index (Phi) is 5.51. The van der Waals surface area contributed by atoms with Crippen molar-refractivity contribution in [2.45, 2.75) is 31.9 Å². The molecular formula is C17H27N5O2+2. The van der Waals surface area contributed by atoms with E-state index >= 15 is 0 Å². The van der Waals surface area contributed by atoms with Gasteiger partial charge < -0.3 is 25.4 Å². The molecule has 24 heavy (non-hydrogen) atoms. The molecule has 0 spiro atoms. The van der Waals surface area contributed by atoms with Crippen molar-refractivity contribution in [1.29, 1.82) is 5.26 Å². The molecule has 1 aromatic rings. The molecule has 0 radical (unpaired) electrons. The van der Waals surface area contributed by atoms with E-state index in [1.807, 2.05) is 0 Å². The Morgan fingerprint density at radius 3 is 2.96 bits per heavy atom. The number of quaternary nitrogens is 1. The van der Waals surface area contributed by atoms with Gasteiger partial charge in [0.1, 0.15) is 18.2 Å². The summed E-state index contributed by atoms with van der Waals surface area (Å²) in [6.07, 6.45) is 3.36. The van der Waals surface area contributed by atoms with Crippen molar-refractivity contribution in [2.75, 3.05) is 50.5 Å². The first-order chi connectivity index (χ1) is 11.7. The quantitative estimate of drug-likeness (QED) is 0.532. The summed E-state index contributed by atoms with van der Waals surface area (Å²) < 4.78 is 5.70. The van der Waals surface area contributed by atoms with Gasteiger partial charge in [-0.25, -0.2) is 4.98 Å². The summed E-state index contributed by atoms with van der Waals surface area (Å²) in [4.78, 5) is 4.79. The number of fused-ring (bicyclic) bond motifs is 1. The number of nitrogens with one attached hydrogen (secondary N) is 4. The lowest BCUT2D eigenvalue weighted by Gasteiger charge is -2.24. The lowest BCUT2D eigenvalue weighted by Crippen LogP contribution is -3.08. The van der Waals surface area contributed by atoms with Gasteiger partial charge in [0.15, 0.2) is 0 Å². The van der Waals surface area contributed by atoms with Crippen LogP contribution in [0.5, 0.6) is 0 Å². The molecule has 0 aromatic carbocycles. The van der Waals surface area contributed by atoms with Gasteiger partial charge in [-0.05, 0) is 18.4 Å². The van der Waals surface area contributed by atoms with Crippen LogP contribution in [0, 0.1) is 11.3 Å². The predicted molar refractivity (Wildman–Crippen MR) is 89.9 cm³/mol. The van der Waals surface area contributed by atoms with Crippen molar-refractivity contribution in [3.8, 4) is 6.07 Å². The SMILES string of the molecule is C[NH+]1CCc2c(C#N)c(NCCO)[nH+]c(NC[C@H]3CCCO3)c2C1. The van der Waals surface area contributed by atoms with E-state index in [1.165, 1.54) is 10.5 Å². The minimum Gasteiger partial charge on any atom is -0.393 e. The number of hydrogen-bond acceptors (Lipinski definition) is 5. The van der Waals surface area contributed by atoms with Gasteiger partial charge in [0.05, 0.1) is 45.0 Å². The summed E-state index contributed by atoms with van der Waals surface area (Å²) >= 11 is 0. The first-order valence-electron chi connectivity index (χ1n) is 8.75. The molecule has 3 rings (SSSR count). The Balaban J connectivity index is 1.90. The van der Waals surface area contributed by atoms with Crippen LogP contribution in [0.25, 0.3) is 0 Å². The molecule has 1 saturated heterocycles. The molecule has 7 nitrogen and oxygen atoms in total. The summed E-state index contributed by atoms with van der Waals surface area (Å²) in [5, 5.41) is 25.3. The van der Waals surface area contributed by atoms with Gasteiger partial charge in [0, 0.05) is 13.0 Å². The number of anilines is 2. The molecule has 5 N–H and O–H groups in total. The van der Waals surface area contributed by atoms with E-state index in [9.17, 15) is 5.26 Å². The number of hydrogen-bond donors (Lipinski definition) is 4. The number of aliphatic hydroxyl groups excluding tert-OH is 1. The van der Waals surface area contributed by atoms with Crippen LogP contribution in [-0.2, 0) is 17.7 Å². The molecule has 1 aromatic heterocycles. The maximum absolute atomic E-state index is 9.61. The van der Waals surface area contributed by atoms with Crippen molar-refractivity contribution >= 4 is 11.6 Å². The maximum Gasteiger partial charge on any atom is 0.237 e. The van der Waals surface area contributed by atoms with E-state index in [0.717, 1.165) is 56.9 Å². The highest BCUT2D eigenvalue weighted by Gasteiger charge is 2.29. The molecule has 3 heterocycles. The average Bonchev–Trinajstić information content (AvgIpc) is 3.11. The van der Waals surface area contributed by atoms with Crippen LogP contribution in [0.4, 0.5) is 11.6 Å². The topological polar surface area (TPSA) is 95.9 Å². The summed E-state index contributed by atoms with van der Waals surface area (Å²) in [7, 11) is 2.18. The van der Waals surface area contributed by atoms with Crippen molar-refractivity contribution in [1.82, 2.24) is 0 Å². The van der Waals surface area contributed by atoms with Crippen LogP contribution >= 0.6 is 0 Å². The Morgan fingerprint density at radius 2 is 2.25 bits per heavy atom. The van der Waals surface area contributed by atoms with Crippen LogP contribution < -0.4 is 20.5 Å². The first kappa shape index (κ1) is 17.0. The van der Waals surface area contributed by atoms with E-state index < -0.39 is 0 Å². The fourth-order valence-corrected chi connectivity index (χ4v) is 3.52. The monoisotopic (exact) mass is 333 g/mol. The van der Waals surface area contributed by atoms with Crippen LogP contribution in [0.15, 0.2) is 0 Å². The molecule has 1 unspecified atom stereocenters. The summed E-state index contributed by atoms with van der Waals surface area (Å²) in [6.45, 7) is 3.98. The highest BCUT2D eigenvalue weighted by atomic mass is 16.5. The van der Waals surface area contributed by atoms with Crippen LogP contribution in [0.1, 0.15) is 29.5 Å². The Morgan fingerprint density at radius 1 is 1.38 bits per heavy atom. The number of pyridine rings is 1. The molecule has 2 atom stereocenters. The lowest BCUT2D eigenvalue weighted by atomic mass is 9.96. The lowest BCUT2D eigenvalue weighted by molar-refractivity contribution is -0.895. The number of likely N-dealkylation sites (N-methyl/N-ethyl adjacent to an activating group) is 1. The predicted octanol–water partition coefficient (Wildman–Crippen LogP) is -1.06. The highest BCUT2D eigenvalue weighted by Crippen LogP contribution is 2.25. The Hall–Kier alpha value is -1.88. The minimum atomic E-state index is 0.0291.